The summed E-state index contributed by atoms with van der Waals surface area (Å²) in [6, 6.07) is 12.3. The molecule has 100 valence electrons. The Hall–Kier alpha value is -0.860. The normalized spacial score (nSPS) is 24.1. The quantitative estimate of drug-likeness (QED) is 0.859. The van der Waals surface area contributed by atoms with E-state index in [2.05, 4.69) is 54.4 Å². The van der Waals surface area contributed by atoms with Crippen molar-refractivity contribution in [2.75, 3.05) is 20.1 Å². The zero-order valence-electron chi connectivity index (χ0n) is 11.9. The molecule has 2 nitrogen and oxygen atoms in total. The van der Waals surface area contributed by atoms with Crippen molar-refractivity contribution < 1.29 is 0 Å². The molecule has 1 fully saturated rings. The Kier molecular flexibility index (Phi) is 4.79. The number of nitrogens with one attached hydrogen (secondary N) is 1. The Balaban J connectivity index is 1.88. The summed E-state index contributed by atoms with van der Waals surface area (Å²) in [5, 5.41) is 3.34. The fraction of sp³-hybridized carbons (Fsp3) is 0.625. The maximum Gasteiger partial charge on any atom is 0.00818 e. The topological polar surface area (TPSA) is 15.3 Å². The van der Waals surface area contributed by atoms with Crippen molar-refractivity contribution in [3.05, 3.63) is 35.9 Å². The van der Waals surface area contributed by atoms with E-state index in [4.69, 9.17) is 0 Å². The van der Waals surface area contributed by atoms with Gasteiger partial charge in [-0.05, 0) is 51.8 Å². The molecule has 3 atom stereocenters. The molecule has 1 aromatic rings. The molecule has 1 aliphatic rings. The van der Waals surface area contributed by atoms with Gasteiger partial charge in [0, 0.05) is 18.6 Å². The fourth-order valence-corrected chi connectivity index (χ4v) is 2.96. The second-order valence-electron chi connectivity index (χ2n) is 5.67. The highest BCUT2D eigenvalue weighted by molar-refractivity contribution is 5.21. The molecule has 0 saturated carbocycles. The maximum absolute atomic E-state index is 3.34. The van der Waals surface area contributed by atoms with Crippen LogP contribution in [0.4, 0.5) is 0 Å². The molecule has 1 N–H and O–H groups in total. The lowest BCUT2D eigenvalue weighted by atomic mass is 9.99. The van der Waals surface area contributed by atoms with Gasteiger partial charge in [-0.1, -0.05) is 30.3 Å². The van der Waals surface area contributed by atoms with Gasteiger partial charge in [-0.2, -0.15) is 0 Å². The van der Waals surface area contributed by atoms with E-state index >= 15 is 0 Å². The Bertz CT molecular complexity index is 349. The van der Waals surface area contributed by atoms with Crippen LogP contribution >= 0.6 is 0 Å². The highest BCUT2D eigenvalue weighted by Crippen LogP contribution is 2.28. The summed E-state index contributed by atoms with van der Waals surface area (Å²) < 4.78 is 0. The molecule has 0 aliphatic carbocycles. The van der Waals surface area contributed by atoms with Gasteiger partial charge in [-0.25, -0.2) is 0 Å². The first-order valence-corrected chi connectivity index (χ1v) is 7.17. The van der Waals surface area contributed by atoms with E-state index in [0.29, 0.717) is 12.1 Å². The molecule has 1 aliphatic heterocycles. The number of rotatable bonds is 5. The molecule has 0 spiro atoms. The average Bonchev–Trinajstić information content (AvgIpc) is 2.89. The van der Waals surface area contributed by atoms with E-state index in [1.54, 1.807) is 0 Å². The zero-order valence-corrected chi connectivity index (χ0v) is 11.9. The van der Waals surface area contributed by atoms with Crippen LogP contribution in [0.15, 0.2) is 30.3 Å². The molecule has 0 amide bonds. The fourth-order valence-electron chi connectivity index (χ4n) is 2.96. The number of likely N-dealkylation sites (tertiary alicyclic amines) is 1. The van der Waals surface area contributed by atoms with Crippen molar-refractivity contribution in [3.8, 4) is 0 Å². The van der Waals surface area contributed by atoms with Crippen LogP contribution in [-0.2, 0) is 0 Å². The number of benzene rings is 1. The van der Waals surface area contributed by atoms with E-state index < -0.39 is 0 Å². The average molecular weight is 246 g/mol. The Morgan fingerprint density at radius 3 is 2.67 bits per heavy atom. The van der Waals surface area contributed by atoms with Gasteiger partial charge in [0.15, 0.2) is 0 Å². The second kappa shape index (κ2) is 6.35. The standard InChI is InChI=1S/C16H26N2/c1-13(17-3)11-14(2)18-10-9-16(12-18)15-7-5-4-6-8-15/h4-8,13-14,16-17H,9-12H2,1-3H3. The van der Waals surface area contributed by atoms with Crippen molar-refractivity contribution in [2.45, 2.75) is 44.7 Å². The van der Waals surface area contributed by atoms with E-state index in [0.717, 1.165) is 5.92 Å². The van der Waals surface area contributed by atoms with Crippen LogP contribution in [-0.4, -0.2) is 37.1 Å². The summed E-state index contributed by atoms with van der Waals surface area (Å²) in [5.41, 5.74) is 1.51. The lowest BCUT2D eigenvalue weighted by Crippen LogP contribution is -2.36. The highest BCUT2D eigenvalue weighted by Gasteiger charge is 2.27. The zero-order chi connectivity index (χ0) is 13.0. The van der Waals surface area contributed by atoms with Gasteiger partial charge in [0.1, 0.15) is 0 Å². The van der Waals surface area contributed by atoms with Gasteiger partial charge in [0.25, 0.3) is 0 Å². The SMILES string of the molecule is CNC(C)CC(C)N1CCC(c2ccccc2)C1. The van der Waals surface area contributed by atoms with Gasteiger partial charge in [-0.3, -0.25) is 4.90 Å². The number of nitrogens with zero attached hydrogens (tertiary/aromatic N) is 1. The first-order valence-electron chi connectivity index (χ1n) is 7.17. The highest BCUT2D eigenvalue weighted by atomic mass is 15.2. The summed E-state index contributed by atoms with van der Waals surface area (Å²) in [7, 11) is 2.05. The number of hydrogen-bond donors (Lipinski definition) is 1. The third kappa shape index (κ3) is 3.33. The summed E-state index contributed by atoms with van der Waals surface area (Å²) in [5.74, 6) is 0.735. The van der Waals surface area contributed by atoms with Gasteiger partial charge >= 0.3 is 0 Å². The summed E-state index contributed by atoms with van der Waals surface area (Å²) in [6.45, 7) is 7.10. The van der Waals surface area contributed by atoms with Crippen molar-refractivity contribution in [3.63, 3.8) is 0 Å². The van der Waals surface area contributed by atoms with Crippen molar-refractivity contribution in [1.29, 1.82) is 0 Å². The monoisotopic (exact) mass is 246 g/mol. The first kappa shape index (κ1) is 13.6. The van der Waals surface area contributed by atoms with Crippen LogP contribution in [0.1, 0.15) is 38.2 Å². The van der Waals surface area contributed by atoms with E-state index in [-0.39, 0.29) is 0 Å². The molecule has 1 saturated heterocycles. The molecular formula is C16H26N2. The van der Waals surface area contributed by atoms with Gasteiger partial charge in [0.05, 0.1) is 0 Å². The Morgan fingerprint density at radius 1 is 1.28 bits per heavy atom. The van der Waals surface area contributed by atoms with Crippen LogP contribution in [0.5, 0.6) is 0 Å². The van der Waals surface area contributed by atoms with Crippen molar-refractivity contribution in [1.82, 2.24) is 10.2 Å². The van der Waals surface area contributed by atoms with Crippen molar-refractivity contribution >= 4 is 0 Å². The van der Waals surface area contributed by atoms with Gasteiger partial charge in [-0.15, -0.1) is 0 Å². The largest absolute Gasteiger partial charge is 0.317 e. The molecule has 1 heterocycles. The third-order valence-electron chi connectivity index (χ3n) is 4.30. The molecule has 2 heteroatoms. The summed E-state index contributed by atoms with van der Waals surface area (Å²) >= 11 is 0. The molecule has 0 aromatic heterocycles. The van der Waals surface area contributed by atoms with Gasteiger partial charge in [0.2, 0.25) is 0 Å². The Morgan fingerprint density at radius 2 is 2.00 bits per heavy atom. The lowest BCUT2D eigenvalue weighted by Gasteiger charge is -2.26. The van der Waals surface area contributed by atoms with Crippen molar-refractivity contribution in [2.24, 2.45) is 0 Å². The van der Waals surface area contributed by atoms with E-state index in [1.165, 1.54) is 31.5 Å². The van der Waals surface area contributed by atoms with E-state index in [9.17, 15) is 0 Å². The molecular weight excluding hydrogens is 220 g/mol. The maximum atomic E-state index is 3.34. The molecule has 0 bridgehead atoms. The van der Waals surface area contributed by atoms with E-state index in [1.807, 2.05) is 7.05 Å². The summed E-state index contributed by atoms with van der Waals surface area (Å²) in [6.07, 6.45) is 2.54. The molecule has 3 unspecified atom stereocenters. The molecule has 1 aromatic carbocycles. The first-order chi connectivity index (χ1) is 8.70. The minimum atomic E-state index is 0.607. The molecule has 0 radical (unpaired) electrons. The van der Waals surface area contributed by atoms with Gasteiger partial charge < -0.3 is 5.32 Å². The molecule has 2 rings (SSSR count). The second-order valence-corrected chi connectivity index (χ2v) is 5.67. The van der Waals surface area contributed by atoms with Crippen LogP contribution in [0.3, 0.4) is 0 Å². The number of hydrogen-bond acceptors (Lipinski definition) is 2. The van der Waals surface area contributed by atoms with Crippen LogP contribution in [0, 0.1) is 0 Å². The Labute approximate surface area is 111 Å². The third-order valence-corrected chi connectivity index (χ3v) is 4.30. The smallest absolute Gasteiger partial charge is 0.00818 e. The predicted molar refractivity (Wildman–Crippen MR) is 78.0 cm³/mol. The van der Waals surface area contributed by atoms with Crippen LogP contribution < -0.4 is 5.32 Å². The minimum absolute atomic E-state index is 0.607. The predicted octanol–water partition coefficient (Wildman–Crippen LogP) is 2.86. The minimum Gasteiger partial charge on any atom is -0.317 e. The molecule has 18 heavy (non-hydrogen) atoms. The van der Waals surface area contributed by atoms with Crippen LogP contribution in [0.25, 0.3) is 0 Å². The summed E-state index contributed by atoms with van der Waals surface area (Å²) in [4.78, 5) is 2.64. The van der Waals surface area contributed by atoms with Crippen LogP contribution in [0.2, 0.25) is 0 Å². The lowest BCUT2D eigenvalue weighted by molar-refractivity contribution is 0.230.